The molecule has 60 heavy (non-hydrogen) atoms. The van der Waals surface area contributed by atoms with E-state index in [0.717, 1.165) is 57.2 Å². The predicted molar refractivity (Wildman–Crippen MR) is 259 cm³/mol. The van der Waals surface area contributed by atoms with Crippen LogP contribution in [0.2, 0.25) is 6.04 Å². The van der Waals surface area contributed by atoms with Crippen molar-refractivity contribution in [1.29, 1.82) is 0 Å². The minimum absolute atomic E-state index is 0.994. The zero-order chi connectivity index (χ0) is 40.6. The Labute approximate surface area is 355 Å². The normalized spacial score (nSPS) is 11.2. The molecule has 0 saturated heterocycles. The van der Waals surface area contributed by atoms with Gasteiger partial charge in [0.15, 0.2) is 0 Å². The van der Waals surface area contributed by atoms with Crippen molar-refractivity contribution in [1.82, 2.24) is 0 Å². The number of anilines is 9. The second kappa shape index (κ2) is 17.6. The van der Waals surface area contributed by atoms with Gasteiger partial charge in [-0.05, 0) is 131 Å². The summed E-state index contributed by atoms with van der Waals surface area (Å²) in [6.45, 7) is 2.38. The molecule has 0 aromatic heterocycles. The van der Waals surface area contributed by atoms with Gasteiger partial charge < -0.3 is 14.7 Å². The third-order valence-electron chi connectivity index (χ3n) is 11.5. The Morgan fingerprint density at radius 1 is 0.233 bits per heavy atom. The first-order valence-corrected chi connectivity index (χ1v) is 23.0. The molecule has 0 aliphatic rings. The highest BCUT2D eigenvalue weighted by molar-refractivity contribution is 7.11. The van der Waals surface area contributed by atoms with Gasteiger partial charge in [0.05, 0.1) is 0 Å². The van der Waals surface area contributed by atoms with Gasteiger partial charge >= 0.3 is 0 Å². The van der Waals surface area contributed by atoms with Gasteiger partial charge in [-0.2, -0.15) is 0 Å². The number of nitrogens with zero attached hydrogens (tertiary/aromatic N) is 3. The average Bonchev–Trinajstić information content (AvgIpc) is 3.33. The first-order valence-electron chi connectivity index (χ1n) is 20.8. The van der Waals surface area contributed by atoms with Crippen LogP contribution in [0.3, 0.4) is 0 Å². The average molecular weight is 790 g/mol. The molecular weight excluding hydrogens is 743 g/mol. The molecular formula is C56H47N3Si. The first kappa shape index (κ1) is 38.1. The van der Waals surface area contributed by atoms with Gasteiger partial charge in [-0.25, -0.2) is 0 Å². The van der Waals surface area contributed by atoms with Crippen molar-refractivity contribution in [2.45, 2.75) is 13.0 Å². The summed E-state index contributed by atoms with van der Waals surface area (Å²) in [7, 11) is -2.60. The van der Waals surface area contributed by atoms with Crippen LogP contribution in [-0.4, -0.2) is 8.07 Å². The van der Waals surface area contributed by atoms with Gasteiger partial charge in [-0.1, -0.05) is 153 Å². The van der Waals surface area contributed by atoms with E-state index < -0.39 is 8.07 Å². The summed E-state index contributed by atoms with van der Waals surface area (Å²) < 4.78 is 0. The van der Waals surface area contributed by atoms with E-state index in [1.165, 1.54) is 15.6 Å². The van der Waals surface area contributed by atoms with E-state index in [1.807, 2.05) is 0 Å². The Morgan fingerprint density at radius 2 is 0.400 bits per heavy atom. The molecule has 0 unspecified atom stereocenters. The molecule has 4 heteroatoms. The fourth-order valence-corrected chi connectivity index (χ4v) is 13.0. The lowest BCUT2D eigenvalue weighted by Gasteiger charge is -2.35. The van der Waals surface area contributed by atoms with Gasteiger partial charge in [-0.15, -0.1) is 0 Å². The minimum Gasteiger partial charge on any atom is -0.311 e. The molecule has 3 nitrogen and oxygen atoms in total. The molecule has 0 heterocycles. The minimum atomic E-state index is -2.60. The van der Waals surface area contributed by atoms with E-state index in [4.69, 9.17) is 0 Å². The molecule has 290 valence electrons. The molecule has 0 amide bonds. The van der Waals surface area contributed by atoms with Gasteiger partial charge in [0, 0.05) is 51.2 Å². The summed E-state index contributed by atoms with van der Waals surface area (Å²) >= 11 is 0. The van der Waals surface area contributed by atoms with Crippen LogP contribution in [0, 0.1) is 0 Å². The molecule has 0 aliphatic heterocycles. The molecule has 0 aliphatic carbocycles. The maximum Gasteiger partial charge on any atom is 0.148 e. The quantitative estimate of drug-likeness (QED) is 0.0851. The molecule has 9 rings (SSSR count). The van der Waals surface area contributed by atoms with Crippen LogP contribution >= 0.6 is 0 Å². The Balaban J connectivity index is 1.17. The zero-order valence-electron chi connectivity index (χ0n) is 33.8. The third kappa shape index (κ3) is 7.64. The topological polar surface area (TPSA) is 9.72 Å². The molecule has 0 N–H and O–H groups in total. The molecule has 0 saturated carbocycles. The van der Waals surface area contributed by atoms with Crippen LogP contribution in [-0.2, 0) is 0 Å². The van der Waals surface area contributed by atoms with Crippen molar-refractivity contribution in [2.75, 3.05) is 14.7 Å². The highest BCUT2D eigenvalue weighted by Crippen LogP contribution is 2.37. The second-order valence-corrected chi connectivity index (χ2v) is 19.2. The number of hydrogen-bond donors (Lipinski definition) is 0. The second-order valence-electron chi connectivity index (χ2n) is 14.9. The van der Waals surface area contributed by atoms with Crippen molar-refractivity contribution in [2.24, 2.45) is 0 Å². The lowest BCUT2D eigenvalue weighted by Crippen LogP contribution is -2.66. The molecule has 0 spiro atoms. The fraction of sp³-hybridized carbons (Fsp3) is 0.0357. The lowest BCUT2D eigenvalue weighted by atomic mass is 10.2. The maximum absolute atomic E-state index is 2.60. The smallest absolute Gasteiger partial charge is 0.148 e. The molecule has 9 aromatic carbocycles. The number of rotatable bonds is 13. The SMILES string of the molecule is CC[Si](c1ccc(N(c2ccccc2)c2ccccc2)cc1)(c1ccc(N(c2ccccc2)c2ccccc2)cc1)c1ccc(N(c2ccccc2)c2ccccc2)cc1. The van der Waals surface area contributed by atoms with Crippen LogP contribution in [0.1, 0.15) is 6.92 Å². The fourth-order valence-electron chi connectivity index (χ4n) is 8.60. The number of para-hydroxylation sites is 6. The summed E-state index contributed by atoms with van der Waals surface area (Å²) in [5.41, 5.74) is 10.2. The van der Waals surface area contributed by atoms with Crippen molar-refractivity contribution in [3.8, 4) is 0 Å². The van der Waals surface area contributed by atoms with Crippen LogP contribution in [0.25, 0.3) is 0 Å². The van der Waals surface area contributed by atoms with E-state index >= 15 is 0 Å². The van der Waals surface area contributed by atoms with Crippen LogP contribution in [0.5, 0.6) is 0 Å². The summed E-state index contributed by atoms with van der Waals surface area (Å²) in [5, 5.41) is 4.13. The van der Waals surface area contributed by atoms with Gasteiger partial charge in [0.1, 0.15) is 8.07 Å². The Kier molecular flexibility index (Phi) is 11.2. The summed E-state index contributed by atoms with van der Waals surface area (Å²) in [4.78, 5) is 7.02. The maximum atomic E-state index is 2.40. The van der Waals surface area contributed by atoms with Crippen molar-refractivity contribution in [3.05, 3.63) is 255 Å². The van der Waals surface area contributed by atoms with Crippen LogP contribution in [0.15, 0.2) is 255 Å². The lowest BCUT2D eigenvalue weighted by molar-refractivity contribution is 1.28. The van der Waals surface area contributed by atoms with E-state index in [0.29, 0.717) is 0 Å². The number of benzene rings is 9. The van der Waals surface area contributed by atoms with E-state index in [9.17, 15) is 0 Å². The van der Waals surface area contributed by atoms with Crippen molar-refractivity contribution in [3.63, 3.8) is 0 Å². The Hall–Kier alpha value is -7.40. The zero-order valence-corrected chi connectivity index (χ0v) is 34.8. The summed E-state index contributed by atoms with van der Waals surface area (Å²) in [5.74, 6) is 0. The van der Waals surface area contributed by atoms with Crippen LogP contribution in [0.4, 0.5) is 51.2 Å². The molecule has 0 fully saturated rings. The Bertz CT molecular complexity index is 2270. The monoisotopic (exact) mass is 789 g/mol. The van der Waals surface area contributed by atoms with Crippen molar-refractivity contribution < 1.29 is 0 Å². The summed E-state index contributed by atoms with van der Waals surface area (Å²) in [6.07, 6.45) is 0. The van der Waals surface area contributed by atoms with E-state index in [-0.39, 0.29) is 0 Å². The largest absolute Gasteiger partial charge is 0.311 e. The first-order chi connectivity index (χ1) is 29.7. The third-order valence-corrected chi connectivity index (χ3v) is 16.5. The summed E-state index contributed by atoms with van der Waals surface area (Å²) in [6, 6.07) is 93.1. The van der Waals surface area contributed by atoms with Crippen molar-refractivity contribution >= 4 is 74.8 Å². The Morgan fingerprint density at radius 3 is 0.567 bits per heavy atom. The molecule has 0 bridgehead atoms. The molecule has 0 atom stereocenters. The van der Waals surface area contributed by atoms with Gasteiger partial charge in [0.25, 0.3) is 0 Å². The highest BCUT2D eigenvalue weighted by Gasteiger charge is 2.38. The molecule has 0 radical (unpaired) electrons. The predicted octanol–water partition coefficient (Wildman–Crippen LogP) is 13.6. The van der Waals surface area contributed by atoms with Gasteiger partial charge in [0.2, 0.25) is 0 Å². The standard InChI is InChI=1S/C56H47N3Si/c1-2-60(54-39-33-51(34-40-54)57(45-21-9-3-10-22-45)46-23-11-4-12-24-46,55-41-35-52(36-42-55)58(47-25-13-5-14-26-47)48-27-15-6-16-28-48)56-43-37-53(38-44-56)59(49-29-17-7-18-30-49)50-31-19-8-20-32-50/h3-44H,2H2,1H3. The highest BCUT2D eigenvalue weighted by atomic mass is 28.3. The van der Waals surface area contributed by atoms with Gasteiger partial charge in [-0.3, -0.25) is 0 Å². The number of hydrogen-bond acceptors (Lipinski definition) is 3. The molecule has 9 aromatic rings. The van der Waals surface area contributed by atoms with E-state index in [1.54, 1.807) is 0 Å². The van der Waals surface area contributed by atoms with E-state index in [2.05, 4.69) is 276 Å². The van der Waals surface area contributed by atoms with Crippen LogP contribution < -0.4 is 30.3 Å².